The van der Waals surface area contributed by atoms with Gasteiger partial charge in [0.1, 0.15) is 22.9 Å². The van der Waals surface area contributed by atoms with Gasteiger partial charge in [0.05, 0.1) is 17.5 Å². The first-order valence-corrected chi connectivity index (χ1v) is 8.31. The summed E-state index contributed by atoms with van der Waals surface area (Å²) < 4.78 is 24.8. The second-order valence-electron chi connectivity index (χ2n) is 5.81. The quantitative estimate of drug-likeness (QED) is 0.500. The Labute approximate surface area is 149 Å². The van der Waals surface area contributed by atoms with Crippen LogP contribution in [0.3, 0.4) is 0 Å². The van der Waals surface area contributed by atoms with Gasteiger partial charge in [0, 0.05) is 17.0 Å². The number of carbonyl (C=O) groups excluding carboxylic acids is 1. The van der Waals surface area contributed by atoms with Crippen molar-refractivity contribution in [2.24, 2.45) is 0 Å². The highest BCUT2D eigenvalue weighted by atomic mass is 19.1. The van der Waals surface area contributed by atoms with Crippen molar-refractivity contribution in [2.75, 3.05) is 6.61 Å². The first-order chi connectivity index (χ1) is 12.7. The highest BCUT2D eigenvalue weighted by Gasteiger charge is 2.17. The summed E-state index contributed by atoms with van der Waals surface area (Å²) in [6.45, 7) is 1.95. The molecule has 130 valence electrons. The number of carbonyl (C=O) groups is 1. The highest BCUT2D eigenvalue weighted by molar-refractivity contribution is 6.10. The molecule has 0 saturated carbocycles. The number of esters is 1. The van der Waals surface area contributed by atoms with E-state index in [1.54, 1.807) is 13.0 Å². The van der Waals surface area contributed by atoms with Crippen molar-refractivity contribution in [1.29, 1.82) is 0 Å². The molecule has 0 radical (unpaired) electrons. The van der Waals surface area contributed by atoms with E-state index < -0.39 is 11.8 Å². The summed E-state index contributed by atoms with van der Waals surface area (Å²) in [4.78, 5) is 15.5. The Balaban J connectivity index is 1.86. The molecule has 5 heteroatoms. The lowest BCUT2D eigenvalue weighted by atomic mass is 10.1. The van der Waals surface area contributed by atoms with Gasteiger partial charge in [0.25, 0.3) is 0 Å². The molecule has 1 N–H and O–H groups in total. The minimum atomic E-state index is -0.548. The summed E-state index contributed by atoms with van der Waals surface area (Å²) in [7, 11) is 0. The van der Waals surface area contributed by atoms with Gasteiger partial charge in [-0.2, -0.15) is 0 Å². The SMILES string of the molecule is CCOC(=O)c1ccc(F)cc1Oc1cccc2[nH]c3ccccc3c12. The highest BCUT2D eigenvalue weighted by Crippen LogP contribution is 2.36. The average molecular weight is 349 g/mol. The molecule has 26 heavy (non-hydrogen) atoms. The Morgan fingerprint density at radius 2 is 1.81 bits per heavy atom. The molecule has 4 nitrogen and oxygen atoms in total. The molecule has 0 spiro atoms. The van der Waals surface area contributed by atoms with Crippen LogP contribution in [0.1, 0.15) is 17.3 Å². The van der Waals surface area contributed by atoms with E-state index >= 15 is 0 Å². The molecule has 0 bridgehead atoms. The van der Waals surface area contributed by atoms with E-state index in [0.29, 0.717) is 5.75 Å². The number of hydrogen-bond acceptors (Lipinski definition) is 3. The third-order valence-corrected chi connectivity index (χ3v) is 4.15. The van der Waals surface area contributed by atoms with Crippen molar-refractivity contribution < 1.29 is 18.7 Å². The Kier molecular flexibility index (Phi) is 4.05. The van der Waals surface area contributed by atoms with Gasteiger partial charge in [-0.1, -0.05) is 24.3 Å². The molecule has 0 fully saturated rings. The molecule has 0 unspecified atom stereocenters. The van der Waals surface area contributed by atoms with Crippen LogP contribution >= 0.6 is 0 Å². The first-order valence-electron chi connectivity index (χ1n) is 8.31. The first kappa shape index (κ1) is 16.1. The van der Waals surface area contributed by atoms with Gasteiger partial charge in [0.2, 0.25) is 0 Å². The summed E-state index contributed by atoms with van der Waals surface area (Å²) in [5.41, 5.74) is 2.06. The average Bonchev–Trinajstić information content (AvgIpc) is 3.01. The zero-order chi connectivity index (χ0) is 18.1. The van der Waals surface area contributed by atoms with Gasteiger partial charge >= 0.3 is 5.97 Å². The van der Waals surface area contributed by atoms with E-state index in [-0.39, 0.29) is 17.9 Å². The maximum Gasteiger partial charge on any atom is 0.341 e. The molecule has 1 aromatic heterocycles. The van der Waals surface area contributed by atoms with Crippen molar-refractivity contribution in [3.05, 3.63) is 72.0 Å². The molecule has 1 heterocycles. The number of halogens is 1. The number of fused-ring (bicyclic) bond motifs is 3. The number of nitrogens with one attached hydrogen (secondary N) is 1. The lowest BCUT2D eigenvalue weighted by Gasteiger charge is -2.12. The topological polar surface area (TPSA) is 51.3 Å². The third kappa shape index (κ3) is 2.77. The molecule has 0 aliphatic rings. The van der Waals surface area contributed by atoms with E-state index in [1.165, 1.54) is 18.2 Å². The van der Waals surface area contributed by atoms with Gasteiger partial charge in [-0.25, -0.2) is 9.18 Å². The summed E-state index contributed by atoms with van der Waals surface area (Å²) in [5, 5.41) is 1.87. The fourth-order valence-electron chi connectivity index (χ4n) is 3.03. The number of aromatic nitrogens is 1. The molecule has 0 atom stereocenters. The van der Waals surface area contributed by atoms with Gasteiger partial charge in [-0.15, -0.1) is 0 Å². The lowest BCUT2D eigenvalue weighted by molar-refractivity contribution is 0.0523. The standard InChI is InChI=1S/C21H16FNO3/c1-2-25-21(24)15-11-10-13(22)12-19(15)26-18-9-5-8-17-20(18)14-6-3-4-7-16(14)23-17/h3-12,23H,2H2,1H3. The molecule has 0 aliphatic heterocycles. The van der Waals surface area contributed by atoms with Crippen molar-refractivity contribution in [3.8, 4) is 11.5 Å². The van der Waals surface area contributed by atoms with Gasteiger partial charge in [-0.3, -0.25) is 0 Å². The van der Waals surface area contributed by atoms with Crippen molar-refractivity contribution >= 4 is 27.8 Å². The smallest absolute Gasteiger partial charge is 0.341 e. The van der Waals surface area contributed by atoms with Crippen LogP contribution in [-0.4, -0.2) is 17.6 Å². The molecule has 3 aromatic carbocycles. The van der Waals surface area contributed by atoms with Crippen LogP contribution in [0.2, 0.25) is 0 Å². The summed E-state index contributed by atoms with van der Waals surface area (Å²) in [6, 6.07) is 17.2. The normalized spacial score (nSPS) is 11.0. The second kappa shape index (κ2) is 6.52. The predicted molar refractivity (Wildman–Crippen MR) is 98.2 cm³/mol. The molecule has 4 rings (SSSR count). The molecular weight excluding hydrogens is 333 g/mol. The number of benzene rings is 3. The van der Waals surface area contributed by atoms with Crippen LogP contribution in [0.25, 0.3) is 21.8 Å². The number of H-pyrrole nitrogens is 1. The Bertz CT molecular complexity index is 1120. The minimum absolute atomic E-state index is 0.126. The second-order valence-corrected chi connectivity index (χ2v) is 5.81. The zero-order valence-electron chi connectivity index (χ0n) is 14.1. The number of ether oxygens (including phenoxy) is 2. The van der Waals surface area contributed by atoms with E-state index in [4.69, 9.17) is 9.47 Å². The molecule has 4 aromatic rings. The van der Waals surface area contributed by atoms with Gasteiger partial charge in [0.15, 0.2) is 0 Å². The van der Waals surface area contributed by atoms with Crippen LogP contribution in [0.15, 0.2) is 60.7 Å². The largest absolute Gasteiger partial charge is 0.462 e. The van der Waals surface area contributed by atoms with E-state index in [2.05, 4.69) is 4.98 Å². The number of para-hydroxylation sites is 1. The minimum Gasteiger partial charge on any atom is -0.462 e. The fourth-order valence-corrected chi connectivity index (χ4v) is 3.03. The number of aromatic amines is 1. The maximum atomic E-state index is 13.8. The summed E-state index contributed by atoms with van der Waals surface area (Å²) >= 11 is 0. The van der Waals surface area contributed by atoms with Gasteiger partial charge in [-0.05, 0) is 37.3 Å². The van der Waals surface area contributed by atoms with E-state index in [1.807, 2.05) is 36.4 Å². The molecule has 0 saturated heterocycles. The molecule has 0 aliphatic carbocycles. The van der Waals surface area contributed by atoms with Crippen molar-refractivity contribution in [2.45, 2.75) is 6.92 Å². The number of hydrogen-bond donors (Lipinski definition) is 1. The van der Waals surface area contributed by atoms with Crippen LogP contribution in [0, 0.1) is 5.82 Å². The van der Waals surface area contributed by atoms with Crippen molar-refractivity contribution in [3.63, 3.8) is 0 Å². The van der Waals surface area contributed by atoms with Gasteiger partial charge < -0.3 is 14.5 Å². The van der Waals surface area contributed by atoms with Crippen LogP contribution < -0.4 is 4.74 Å². The van der Waals surface area contributed by atoms with Crippen molar-refractivity contribution in [1.82, 2.24) is 4.98 Å². The van der Waals surface area contributed by atoms with E-state index in [9.17, 15) is 9.18 Å². The molecular formula is C21H16FNO3. The number of rotatable bonds is 4. The Morgan fingerprint density at radius 1 is 1.00 bits per heavy atom. The predicted octanol–water partition coefficient (Wildman–Crippen LogP) is 5.43. The zero-order valence-corrected chi connectivity index (χ0v) is 14.1. The lowest BCUT2D eigenvalue weighted by Crippen LogP contribution is -2.06. The third-order valence-electron chi connectivity index (χ3n) is 4.15. The molecule has 0 amide bonds. The van der Waals surface area contributed by atoms with Crippen LogP contribution in [0.5, 0.6) is 11.5 Å². The fraction of sp³-hybridized carbons (Fsp3) is 0.0952. The van der Waals surface area contributed by atoms with Crippen LogP contribution in [-0.2, 0) is 4.74 Å². The van der Waals surface area contributed by atoms with Crippen LogP contribution in [0.4, 0.5) is 4.39 Å². The monoisotopic (exact) mass is 349 g/mol. The summed E-state index contributed by atoms with van der Waals surface area (Å²) in [6.07, 6.45) is 0. The van der Waals surface area contributed by atoms with E-state index in [0.717, 1.165) is 21.8 Å². The Hall–Kier alpha value is -3.34. The summed E-state index contributed by atoms with van der Waals surface area (Å²) in [5.74, 6) is -0.370. The maximum absolute atomic E-state index is 13.8. The Morgan fingerprint density at radius 3 is 2.65 bits per heavy atom.